The molecule has 0 fully saturated rings. The van der Waals surface area contributed by atoms with E-state index in [1.54, 1.807) is 24.5 Å². The number of carbonyl (C=O) groups is 1. The van der Waals surface area contributed by atoms with Gasteiger partial charge >= 0.3 is 0 Å². The lowest BCUT2D eigenvalue weighted by Crippen LogP contribution is -2.03. The molecule has 0 aliphatic heterocycles. The quantitative estimate of drug-likeness (QED) is 0.509. The van der Waals surface area contributed by atoms with E-state index < -0.39 is 0 Å². The second-order valence-corrected chi connectivity index (χ2v) is 6.44. The lowest BCUT2D eigenvalue weighted by Gasteiger charge is -2.06. The standard InChI is InChI=1S/C20H15N3OS/c1-14-4-6-15(7-5-14)19(24)13-25-20-16(11-21)8-9-18(23-20)17-3-2-10-22-12-17/h2-10,12H,13H2,1H3. The monoisotopic (exact) mass is 345 g/mol. The first kappa shape index (κ1) is 16.9. The largest absolute Gasteiger partial charge is 0.293 e. The van der Waals surface area contributed by atoms with Gasteiger partial charge in [-0.25, -0.2) is 4.98 Å². The van der Waals surface area contributed by atoms with Gasteiger partial charge in [0.1, 0.15) is 11.1 Å². The van der Waals surface area contributed by atoms with E-state index in [1.165, 1.54) is 11.8 Å². The summed E-state index contributed by atoms with van der Waals surface area (Å²) in [5.41, 5.74) is 3.85. The van der Waals surface area contributed by atoms with Crippen molar-refractivity contribution < 1.29 is 4.79 Å². The summed E-state index contributed by atoms with van der Waals surface area (Å²) >= 11 is 1.28. The van der Waals surface area contributed by atoms with E-state index in [4.69, 9.17) is 0 Å². The minimum Gasteiger partial charge on any atom is -0.293 e. The number of nitriles is 1. The lowest BCUT2D eigenvalue weighted by molar-refractivity contribution is 0.102. The fourth-order valence-electron chi connectivity index (χ4n) is 2.27. The molecule has 0 saturated heterocycles. The molecule has 2 aromatic heterocycles. The predicted molar refractivity (Wildman–Crippen MR) is 98.4 cm³/mol. The zero-order valence-corrected chi connectivity index (χ0v) is 14.5. The van der Waals surface area contributed by atoms with E-state index >= 15 is 0 Å². The number of hydrogen-bond acceptors (Lipinski definition) is 5. The van der Waals surface area contributed by atoms with Gasteiger partial charge in [0.2, 0.25) is 0 Å². The zero-order chi connectivity index (χ0) is 17.6. The van der Waals surface area contributed by atoms with Gasteiger partial charge in [-0.15, -0.1) is 0 Å². The SMILES string of the molecule is Cc1ccc(C(=O)CSc2nc(-c3cccnc3)ccc2C#N)cc1. The van der Waals surface area contributed by atoms with Crippen molar-refractivity contribution in [1.29, 1.82) is 5.26 Å². The summed E-state index contributed by atoms with van der Waals surface area (Å²) in [4.78, 5) is 21.0. The number of carbonyl (C=O) groups excluding carboxylic acids is 1. The average molecular weight is 345 g/mol. The normalized spacial score (nSPS) is 10.2. The van der Waals surface area contributed by atoms with Crippen LogP contribution >= 0.6 is 11.8 Å². The van der Waals surface area contributed by atoms with Crippen LogP contribution in [0.15, 0.2) is 66.0 Å². The van der Waals surface area contributed by atoms with Crippen LogP contribution in [0.4, 0.5) is 0 Å². The molecule has 3 rings (SSSR count). The molecule has 0 amide bonds. The van der Waals surface area contributed by atoms with E-state index in [0.717, 1.165) is 16.8 Å². The van der Waals surface area contributed by atoms with Crippen LogP contribution in [-0.4, -0.2) is 21.5 Å². The van der Waals surface area contributed by atoms with Gasteiger partial charge < -0.3 is 0 Å². The van der Waals surface area contributed by atoms with Crippen LogP contribution in [0, 0.1) is 18.3 Å². The minimum absolute atomic E-state index is 0.0162. The average Bonchev–Trinajstić information content (AvgIpc) is 2.67. The van der Waals surface area contributed by atoms with Crippen molar-refractivity contribution in [2.45, 2.75) is 11.9 Å². The first-order valence-corrected chi connectivity index (χ1v) is 8.70. The van der Waals surface area contributed by atoms with Gasteiger partial charge in [-0.3, -0.25) is 9.78 Å². The summed E-state index contributed by atoms with van der Waals surface area (Å²) in [6.45, 7) is 1.98. The van der Waals surface area contributed by atoms with Crippen molar-refractivity contribution in [2.75, 3.05) is 5.75 Å². The van der Waals surface area contributed by atoms with Gasteiger partial charge in [0.25, 0.3) is 0 Å². The van der Waals surface area contributed by atoms with E-state index in [9.17, 15) is 10.1 Å². The van der Waals surface area contributed by atoms with E-state index in [2.05, 4.69) is 16.0 Å². The second-order valence-electron chi connectivity index (χ2n) is 5.48. The van der Waals surface area contributed by atoms with Crippen LogP contribution in [0.25, 0.3) is 11.3 Å². The van der Waals surface area contributed by atoms with Crippen molar-refractivity contribution in [3.63, 3.8) is 0 Å². The molecule has 0 unspecified atom stereocenters. The van der Waals surface area contributed by atoms with Crippen molar-refractivity contribution in [1.82, 2.24) is 9.97 Å². The third kappa shape index (κ3) is 4.11. The van der Waals surface area contributed by atoms with Crippen LogP contribution in [0.5, 0.6) is 0 Å². The highest BCUT2D eigenvalue weighted by Gasteiger charge is 2.12. The van der Waals surface area contributed by atoms with Crippen LogP contribution < -0.4 is 0 Å². The highest BCUT2D eigenvalue weighted by atomic mass is 32.2. The Bertz CT molecular complexity index is 931. The topological polar surface area (TPSA) is 66.6 Å². The molecule has 3 aromatic rings. The van der Waals surface area contributed by atoms with Gasteiger partial charge in [0.15, 0.2) is 5.78 Å². The zero-order valence-electron chi connectivity index (χ0n) is 13.6. The Balaban J connectivity index is 1.80. The molecule has 0 atom stereocenters. The summed E-state index contributed by atoms with van der Waals surface area (Å²) in [5, 5.41) is 9.85. The molecule has 0 N–H and O–H groups in total. The first-order valence-electron chi connectivity index (χ1n) is 7.71. The van der Waals surface area contributed by atoms with Crippen LogP contribution in [0.1, 0.15) is 21.5 Å². The number of rotatable bonds is 5. The number of hydrogen-bond donors (Lipinski definition) is 0. The van der Waals surface area contributed by atoms with Crippen LogP contribution in [0.2, 0.25) is 0 Å². The maximum absolute atomic E-state index is 12.3. The first-order chi connectivity index (χ1) is 12.2. The van der Waals surface area contributed by atoms with Gasteiger partial charge in [-0.2, -0.15) is 5.26 Å². The number of Topliss-reactive ketones (excluding diaryl/α,β-unsaturated/α-hetero) is 1. The molecular formula is C20H15N3OS. The molecule has 25 heavy (non-hydrogen) atoms. The Morgan fingerprint density at radius 3 is 2.64 bits per heavy atom. The number of benzene rings is 1. The number of aromatic nitrogens is 2. The fraction of sp³-hybridized carbons (Fsp3) is 0.100. The molecule has 122 valence electrons. The van der Waals surface area contributed by atoms with Gasteiger partial charge in [0, 0.05) is 23.5 Å². The number of pyridine rings is 2. The fourth-order valence-corrected chi connectivity index (χ4v) is 3.13. The van der Waals surface area contributed by atoms with Gasteiger partial charge in [-0.05, 0) is 31.2 Å². The van der Waals surface area contributed by atoms with Crippen LogP contribution in [-0.2, 0) is 0 Å². The lowest BCUT2D eigenvalue weighted by atomic mass is 10.1. The number of aryl methyl sites for hydroxylation is 1. The molecule has 0 saturated carbocycles. The minimum atomic E-state index is 0.0162. The molecule has 0 spiro atoms. The second kappa shape index (κ2) is 7.73. The van der Waals surface area contributed by atoms with E-state index in [-0.39, 0.29) is 11.5 Å². The number of ketones is 1. The molecule has 0 radical (unpaired) electrons. The Morgan fingerprint density at radius 1 is 1.16 bits per heavy atom. The van der Waals surface area contributed by atoms with Crippen molar-refractivity contribution in [2.24, 2.45) is 0 Å². The van der Waals surface area contributed by atoms with Crippen LogP contribution in [0.3, 0.4) is 0 Å². The third-order valence-electron chi connectivity index (χ3n) is 3.65. The van der Waals surface area contributed by atoms with Crippen molar-refractivity contribution >= 4 is 17.5 Å². The molecule has 5 heteroatoms. The third-order valence-corrected chi connectivity index (χ3v) is 4.64. The summed E-state index contributed by atoms with van der Waals surface area (Å²) in [6.07, 6.45) is 3.42. The molecule has 2 heterocycles. The Kier molecular flexibility index (Phi) is 5.22. The van der Waals surface area contributed by atoms with Gasteiger partial charge in [-0.1, -0.05) is 41.6 Å². The molecule has 4 nitrogen and oxygen atoms in total. The number of thioether (sulfide) groups is 1. The Morgan fingerprint density at radius 2 is 1.96 bits per heavy atom. The molecular weight excluding hydrogens is 330 g/mol. The summed E-state index contributed by atoms with van der Waals surface area (Å²) in [6, 6.07) is 16.9. The highest BCUT2D eigenvalue weighted by Crippen LogP contribution is 2.25. The number of nitrogens with zero attached hydrogens (tertiary/aromatic N) is 3. The molecule has 0 bridgehead atoms. The predicted octanol–water partition coefficient (Wildman–Crippen LogP) is 4.30. The van der Waals surface area contributed by atoms with Crippen molar-refractivity contribution in [3.8, 4) is 17.3 Å². The molecule has 0 aliphatic carbocycles. The maximum atomic E-state index is 12.3. The van der Waals surface area contributed by atoms with E-state index in [1.807, 2.05) is 43.3 Å². The van der Waals surface area contributed by atoms with Crippen molar-refractivity contribution in [3.05, 3.63) is 77.6 Å². The summed E-state index contributed by atoms with van der Waals surface area (Å²) in [5.74, 6) is 0.254. The van der Waals surface area contributed by atoms with E-state index in [0.29, 0.717) is 16.2 Å². The molecule has 0 aliphatic rings. The Hall–Kier alpha value is -2.97. The smallest absolute Gasteiger partial charge is 0.173 e. The van der Waals surface area contributed by atoms with Gasteiger partial charge in [0.05, 0.1) is 17.0 Å². The summed E-state index contributed by atoms with van der Waals surface area (Å²) < 4.78 is 0. The maximum Gasteiger partial charge on any atom is 0.173 e. The molecule has 1 aromatic carbocycles. The highest BCUT2D eigenvalue weighted by molar-refractivity contribution is 8.00. The summed E-state index contributed by atoms with van der Waals surface area (Å²) in [7, 11) is 0. The Labute approximate surface area is 150 Å².